The Morgan fingerprint density at radius 3 is 2.93 bits per heavy atom. The number of benzene rings is 1. The molecule has 72 valence electrons. The molecule has 0 bridgehead atoms. The second-order valence-electron chi connectivity index (χ2n) is 3.72. The normalized spacial score (nSPS) is 15.0. The summed E-state index contributed by atoms with van der Waals surface area (Å²) in [5.41, 5.74) is 4.25. The summed E-state index contributed by atoms with van der Waals surface area (Å²) >= 11 is 0. The first-order valence-electron chi connectivity index (χ1n) is 4.79. The summed E-state index contributed by atoms with van der Waals surface area (Å²) in [6.07, 6.45) is 0.802. The smallest absolute Gasteiger partial charge is 0.128 e. The van der Waals surface area contributed by atoms with Gasteiger partial charge in [-0.25, -0.2) is 4.79 Å². The van der Waals surface area contributed by atoms with Gasteiger partial charge in [-0.15, -0.1) is 0 Å². The molecule has 0 N–H and O–H groups in total. The van der Waals surface area contributed by atoms with E-state index in [9.17, 15) is 4.79 Å². The monoisotopic (exact) mass is 187 g/mol. The first kappa shape index (κ1) is 9.04. The van der Waals surface area contributed by atoms with Crippen molar-refractivity contribution in [2.45, 2.75) is 13.3 Å². The van der Waals surface area contributed by atoms with Crippen molar-refractivity contribution in [3.63, 3.8) is 0 Å². The molecular formula is C12H13NO. The quantitative estimate of drug-likeness (QED) is 0.579. The molecular weight excluding hydrogens is 174 g/mol. The van der Waals surface area contributed by atoms with Gasteiger partial charge in [0.25, 0.3) is 0 Å². The number of rotatable bonds is 0. The van der Waals surface area contributed by atoms with Crippen LogP contribution in [0.4, 0.5) is 5.69 Å². The molecule has 1 heterocycles. The molecule has 0 fully saturated rings. The predicted molar refractivity (Wildman–Crippen MR) is 58.2 cm³/mol. The summed E-state index contributed by atoms with van der Waals surface area (Å²) in [7, 11) is 2.06. The van der Waals surface area contributed by atoms with E-state index >= 15 is 0 Å². The van der Waals surface area contributed by atoms with Crippen molar-refractivity contribution in [3.05, 3.63) is 29.3 Å². The minimum Gasteiger partial charge on any atom is -0.374 e. The van der Waals surface area contributed by atoms with Crippen LogP contribution in [0.5, 0.6) is 0 Å². The molecule has 2 rings (SSSR count). The van der Waals surface area contributed by atoms with Crippen LogP contribution in [0.2, 0.25) is 0 Å². The molecule has 0 unspecified atom stereocenters. The molecule has 1 aliphatic heterocycles. The summed E-state index contributed by atoms with van der Waals surface area (Å²) in [6, 6.07) is 6.06. The SMILES string of the molecule is Cc1cccc2c1N(C)CCC2=C=O. The molecule has 14 heavy (non-hydrogen) atoms. The van der Waals surface area contributed by atoms with E-state index < -0.39 is 0 Å². The molecule has 0 radical (unpaired) electrons. The summed E-state index contributed by atoms with van der Waals surface area (Å²) in [6.45, 7) is 2.98. The van der Waals surface area contributed by atoms with Crippen molar-refractivity contribution in [2.75, 3.05) is 18.5 Å². The van der Waals surface area contributed by atoms with Gasteiger partial charge < -0.3 is 4.90 Å². The highest BCUT2D eigenvalue weighted by Crippen LogP contribution is 2.34. The summed E-state index contributed by atoms with van der Waals surface area (Å²) in [5.74, 6) is 2.05. The van der Waals surface area contributed by atoms with E-state index in [-0.39, 0.29) is 0 Å². The Hall–Kier alpha value is -1.53. The van der Waals surface area contributed by atoms with Gasteiger partial charge in [0, 0.05) is 36.8 Å². The second kappa shape index (κ2) is 3.32. The van der Waals surface area contributed by atoms with E-state index in [0.717, 1.165) is 24.1 Å². The zero-order valence-electron chi connectivity index (χ0n) is 8.50. The van der Waals surface area contributed by atoms with Crippen LogP contribution >= 0.6 is 0 Å². The molecule has 2 nitrogen and oxygen atoms in total. The summed E-state index contributed by atoms with van der Waals surface area (Å²) < 4.78 is 0. The highest BCUT2D eigenvalue weighted by atomic mass is 16.1. The highest BCUT2D eigenvalue weighted by Gasteiger charge is 2.19. The van der Waals surface area contributed by atoms with Crippen molar-refractivity contribution >= 4 is 17.2 Å². The third-order valence-corrected chi connectivity index (χ3v) is 2.77. The van der Waals surface area contributed by atoms with Gasteiger partial charge in [-0.3, -0.25) is 0 Å². The summed E-state index contributed by atoms with van der Waals surface area (Å²) in [5, 5.41) is 0. The molecule has 1 aliphatic rings. The number of carbonyl (C=O) groups excluding carboxylic acids is 1. The molecule has 0 spiro atoms. The minimum atomic E-state index is 0.802. The van der Waals surface area contributed by atoms with Gasteiger partial charge in [0.15, 0.2) is 0 Å². The molecule has 0 atom stereocenters. The van der Waals surface area contributed by atoms with E-state index in [1.807, 2.05) is 18.1 Å². The van der Waals surface area contributed by atoms with Gasteiger partial charge in [-0.2, -0.15) is 0 Å². The standard InChI is InChI=1S/C12H13NO/c1-9-4-3-5-11-10(8-14)6-7-13(2)12(9)11/h3-5H,6-7H2,1-2H3. The fourth-order valence-corrected chi connectivity index (χ4v) is 2.04. The topological polar surface area (TPSA) is 20.3 Å². The lowest BCUT2D eigenvalue weighted by Crippen LogP contribution is -2.25. The van der Waals surface area contributed by atoms with E-state index in [2.05, 4.69) is 24.9 Å². The van der Waals surface area contributed by atoms with Gasteiger partial charge in [0.1, 0.15) is 5.94 Å². The Bertz CT molecular complexity index is 416. The number of fused-ring (bicyclic) bond motifs is 1. The van der Waals surface area contributed by atoms with E-state index in [0.29, 0.717) is 0 Å². The lowest BCUT2D eigenvalue weighted by Gasteiger charge is -2.29. The van der Waals surface area contributed by atoms with Crippen LogP contribution in [0.3, 0.4) is 0 Å². The van der Waals surface area contributed by atoms with Crippen LogP contribution < -0.4 is 4.90 Å². The summed E-state index contributed by atoms with van der Waals surface area (Å²) in [4.78, 5) is 13.0. The molecule has 1 aromatic carbocycles. The van der Waals surface area contributed by atoms with Crippen molar-refractivity contribution in [1.29, 1.82) is 0 Å². The first-order chi connectivity index (χ1) is 6.74. The van der Waals surface area contributed by atoms with Crippen molar-refractivity contribution < 1.29 is 4.79 Å². The second-order valence-corrected chi connectivity index (χ2v) is 3.72. The fourth-order valence-electron chi connectivity index (χ4n) is 2.04. The van der Waals surface area contributed by atoms with Crippen LogP contribution in [0.1, 0.15) is 17.5 Å². The van der Waals surface area contributed by atoms with Crippen LogP contribution in [-0.4, -0.2) is 19.5 Å². The van der Waals surface area contributed by atoms with Gasteiger partial charge in [-0.1, -0.05) is 18.2 Å². The van der Waals surface area contributed by atoms with Gasteiger partial charge >= 0.3 is 0 Å². The average Bonchev–Trinajstić information content (AvgIpc) is 2.18. The van der Waals surface area contributed by atoms with E-state index in [4.69, 9.17) is 0 Å². The number of aryl methyl sites for hydroxylation is 1. The van der Waals surface area contributed by atoms with Gasteiger partial charge in [-0.05, 0) is 12.5 Å². The Balaban J connectivity index is 2.68. The molecule has 0 aliphatic carbocycles. The molecule has 2 heteroatoms. The lowest BCUT2D eigenvalue weighted by molar-refractivity contribution is 0.568. The largest absolute Gasteiger partial charge is 0.374 e. The number of nitrogens with zero attached hydrogens (tertiary/aromatic N) is 1. The van der Waals surface area contributed by atoms with Gasteiger partial charge in [0.05, 0.1) is 0 Å². The minimum absolute atomic E-state index is 0.802. The third kappa shape index (κ3) is 1.24. The van der Waals surface area contributed by atoms with Crippen molar-refractivity contribution in [2.24, 2.45) is 0 Å². The van der Waals surface area contributed by atoms with Crippen LogP contribution in [0.25, 0.3) is 5.57 Å². The molecule has 0 saturated heterocycles. The maximum atomic E-state index is 10.8. The highest BCUT2D eigenvalue weighted by molar-refractivity contribution is 5.94. The average molecular weight is 187 g/mol. The Kier molecular flexibility index (Phi) is 2.14. The number of hydrogen-bond donors (Lipinski definition) is 0. The van der Waals surface area contributed by atoms with Crippen molar-refractivity contribution in [1.82, 2.24) is 0 Å². The maximum absolute atomic E-state index is 10.8. The molecule has 1 aromatic rings. The Labute approximate surface area is 83.8 Å². The van der Waals surface area contributed by atoms with Crippen LogP contribution in [0, 0.1) is 6.92 Å². The molecule has 0 saturated carbocycles. The van der Waals surface area contributed by atoms with E-state index in [1.54, 1.807) is 0 Å². The maximum Gasteiger partial charge on any atom is 0.128 e. The molecule has 0 amide bonds. The Morgan fingerprint density at radius 2 is 2.21 bits per heavy atom. The Morgan fingerprint density at radius 1 is 1.43 bits per heavy atom. The number of hydrogen-bond acceptors (Lipinski definition) is 2. The molecule has 0 aromatic heterocycles. The van der Waals surface area contributed by atoms with Crippen molar-refractivity contribution in [3.8, 4) is 0 Å². The number of anilines is 1. The van der Waals surface area contributed by atoms with E-state index in [1.165, 1.54) is 11.3 Å². The van der Waals surface area contributed by atoms with Gasteiger partial charge in [0.2, 0.25) is 0 Å². The first-order valence-corrected chi connectivity index (χ1v) is 4.79. The predicted octanol–water partition coefficient (Wildman–Crippen LogP) is 2.05. The number of para-hydroxylation sites is 1. The van der Waals surface area contributed by atoms with Crippen LogP contribution in [-0.2, 0) is 4.79 Å². The fraction of sp³-hybridized carbons (Fsp3) is 0.333. The third-order valence-electron chi connectivity index (χ3n) is 2.77. The zero-order chi connectivity index (χ0) is 10.1. The van der Waals surface area contributed by atoms with Crippen LogP contribution in [0.15, 0.2) is 18.2 Å². The zero-order valence-corrected chi connectivity index (χ0v) is 8.50. The lowest BCUT2D eigenvalue weighted by atomic mass is 9.95.